The molecular formula is C19H18ClNO3S. The zero-order chi connectivity index (χ0) is 17.8. The molecule has 0 saturated carbocycles. The van der Waals surface area contributed by atoms with Crippen LogP contribution in [-0.4, -0.2) is 35.7 Å². The summed E-state index contributed by atoms with van der Waals surface area (Å²) in [5.74, 6) is -0.264. The predicted molar refractivity (Wildman–Crippen MR) is 98.7 cm³/mol. The molecule has 2 aromatic carbocycles. The van der Waals surface area contributed by atoms with Crippen molar-refractivity contribution in [2.24, 2.45) is 0 Å². The van der Waals surface area contributed by atoms with Gasteiger partial charge in [0, 0.05) is 17.9 Å². The lowest BCUT2D eigenvalue weighted by molar-refractivity contribution is -0.153. The van der Waals surface area contributed by atoms with E-state index in [1.807, 2.05) is 42.5 Å². The molecule has 0 saturated heterocycles. The van der Waals surface area contributed by atoms with E-state index in [2.05, 4.69) is 0 Å². The van der Waals surface area contributed by atoms with Crippen LogP contribution in [0.4, 0.5) is 0 Å². The van der Waals surface area contributed by atoms with Crippen LogP contribution >= 0.6 is 23.4 Å². The van der Waals surface area contributed by atoms with Gasteiger partial charge in [0.15, 0.2) is 0 Å². The normalized spacial score (nSPS) is 16.2. The minimum absolute atomic E-state index is 0.102. The van der Waals surface area contributed by atoms with Crippen molar-refractivity contribution in [3.63, 3.8) is 0 Å². The molecule has 25 heavy (non-hydrogen) atoms. The third kappa shape index (κ3) is 3.99. The monoisotopic (exact) mass is 375 g/mol. The van der Waals surface area contributed by atoms with E-state index in [4.69, 9.17) is 16.3 Å². The molecule has 1 aliphatic heterocycles. The van der Waals surface area contributed by atoms with Crippen molar-refractivity contribution in [1.29, 1.82) is 0 Å². The van der Waals surface area contributed by atoms with E-state index in [-0.39, 0.29) is 17.6 Å². The molecule has 1 heterocycles. The van der Waals surface area contributed by atoms with Crippen LogP contribution in [-0.2, 0) is 27.3 Å². The minimum Gasteiger partial charge on any atom is -0.467 e. The molecule has 1 atom stereocenters. The Morgan fingerprint density at radius 2 is 1.84 bits per heavy atom. The van der Waals surface area contributed by atoms with E-state index in [9.17, 15) is 9.59 Å². The Balaban J connectivity index is 1.77. The number of benzene rings is 2. The number of amides is 1. The highest BCUT2D eigenvalue weighted by Gasteiger charge is 2.35. The number of rotatable bonds is 4. The molecule has 1 amide bonds. The summed E-state index contributed by atoms with van der Waals surface area (Å²) in [6.45, 7) is 0.415. The largest absolute Gasteiger partial charge is 0.467 e. The molecule has 0 aliphatic carbocycles. The molecule has 0 bridgehead atoms. The van der Waals surface area contributed by atoms with Crippen molar-refractivity contribution in [1.82, 2.24) is 4.90 Å². The van der Waals surface area contributed by atoms with Crippen LogP contribution < -0.4 is 0 Å². The summed E-state index contributed by atoms with van der Waals surface area (Å²) in [7, 11) is 1.35. The fourth-order valence-corrected chi connectivity index (χ4v) is 4.04. The van der Waals surface area contributed by atoms with Crippen molar-refractivity contribution in [2.45, 2.75) is 23.9 Å². The molecular weight excluding hydrogens is 358 g/mol. The maximum atomic E-state index is 12.8. The Bertz CT molecular complexity index is 796. The molecule has 2 aromatic rings. The van der Waals surface area contributed by atoms with Gasteiger partial charge in [0.1, 0.15) is 6.04 Å². The van der Waals surface area contributed by atoms with Crippen LogP contribution in [0.3, 0.4) is 0 Å². The number of carbonyl (C=O) groups is 2. The summed E-state index contributed by atoms with van der Waals surface area (Å²) in [5, 5.41) is 0.619. The van der Waals surface area contributed by atoms with Gasteiger partial charge in [0.05, 0.1) is 17.9 Å². The van der Waals surface area contributed by atoms with Crippen molar-refractivity contribution < 1.29 is 14.3 Å². The van der Waals surface area contributed by atoms with Gasteiger partial charge in [0.25, 0.3) is 0 Å². The second kappa shape index (κ2) is 7.93. The number of carbonyl (C=O) groups excluding carboxylic acids is 2. The summed E-state index contributed by atoms with van der Waals surface area (Å²) in [6.07, 6.45) is 0.478. The summed E-state index contributed by atoms with van der Waals surface area (Å²) >= 11 is 7.52. The lowest BCUT2D eigenvalue weighted by Gasteiger charge is -2.35. The maximum absolute atomic E-state index is 12.8. The number of hydrogen-bond acceptors (Lipinski definition) is 4. The highest BCUT2D eigenvalue weighted by molar-refractivity contribution is 8.00. The highest BCUT2D eigenvalue weighted by Crippen LogP contribution is 2.29. The van der Waals surface area contributed by atoms with Gasteiger partial charge in [-0.3, -0.25) is 4.79 Å². The van der Waals surface area contributed by atoms with Crippen LogP contribution in [0.5, 0.6) is 0 Å². The first-order valence-corrected chi connectivity index (χ1v) is 9.28. The second-order valence-electron chi connectivity index (χ2n) is 5.75. The van der Waals surface area contributed by atoms with Crippen LogP contribution in [0.15, 0.2) is 53.4 Å². The Morgan fingerprint density at radius 3 is 2.56 bits per heavy atom. The van der Waals surface area contributed by atoms with Crippen molar-refractivity contribution in [3.05, 3.63) is 64.7 Å². The molecule has 130 valence electrons. The van der Waals surface area contributed by atoms with Crippen molar-refractivity contribution in [3.8, 4) is 0 Å². The van der Waals surface area contributed by atoms with Gasteiger partial charge in [-0.2, -0.15) is 0 Å². The molecule has 0 fully saturated rings. The lowest BCUT2D eigenvalue weighted by Crippen LogP contribution is -2.49. The van der Waals surface area contributed by atoms with E-state index in [0.29, 0.717) is 18.0 Å². The number of methoxy groups -OCH3 is 1. The number of esters is 1. The number of halogens is 1. The van der Waals surface area contributed by atoms with Crippen LogP contribution in [0.25, 0.3) is 0 Å². The van der Waals surface area contributed by atoms with E-state index < -0.39 is 6.04 Å². The van der Waals surface area contributed by atoms with Gasteiger partial charge in [0.2, 0.25) is 5.91 Å². The van der Waals surface area contributed by atoms with Gasteiger partial charge < -0.3 is 9.64 Å². The second-order valence-corrected chi connectivity index (χ2v) is 7.18. The van der Waals surface area contributed by atoms with Crippen molar-refractivity contribution in [2.75, 3.05) is 12.9 Å². The number of hydrogen-bond donors (Lipinski definition) is 0. The number of ether oxygens (including phenoxy) is 1. The van der Waals surface area contributed by atoms with Crippen LogP contribution in [0.2, 0.25) is 5.02 Å². The van der Waals surface area contributed by atoms with Gasteiger partial charge in [-0.05, 0) is 23.3 Å². The first-order chi connectivity index (χ1) is 12.1. The summed E-state index contributed by atoms with van der Waals surface area (Å²) in [4.78, 5) is 27.4. The highest BCUT2D eigenvalue weighted by atomic mass is 35.5. The molecule has 1 aliphatic rings. The van der Waals surface area contributed by atoms with Gasteiger partial charge in [-0.1, -0.05) is 48.0 Å². The standard InChI is InChI=1S/C19H18ClNO3S/c1-24-19(23)16-10-13-6-2-3-7-14(13)11-21(16)18(22)12-25-17-9-5-4-8-15(17)20/h2-9,16H,10-12H2,1H3/t16-/m0/s1. The van der Waals surface area contributed by atoms with E-state index >= 15 is 0 Å². The van der Waals surface area contributed by atoms with Gasteiger partial charge in [-0.15, -0.1) is 11.8 Å². The Morgan fingerprint density at radius 1 is 1.16 bits per heavy atom. The van der Waals surface area contributed by atoms with Crippen LogP contribution in [0.1, 0.15) is 11.1 Å². The molecule has 0 radical (unpaired) electrons. The average molecular weight is 376 g/mol. The number of nitrogens with zero attached hydrogens (tertiary/aromatic N) is 1. The summed E-state index contributed by atoms with van der Waals surface area (Å²) in [6, 6.07) is 14.7. The molecule has 0 N–H and O–H groups in total. The molecule has 6 heteroatoms. The number of thioether (sulfide) groups is 1. The third-order valence-corrected chi connectivity index (χ3v) is 5.73. The SMILES string of the molecule is COC(=O)[C@@H]1Cc2ccccc2CN1C(=O)CSc1ccccc1Cl. The topological polar surface area (TPSA) is 46.6 Å². The summed E-state index contributed by atoms with van der Waals surface area (Å²) < 4.78 is 4.91. The Kier molecular flexibility index (Phi) is 5.66. The summed E-state index contributed by atoms with van der Waals surface area (Å²) in [5.41, 5.74) is 2.15. The lowest BCUT2D eigenvalue weighted by atomic mass is 9.94. The zero-order valence-electron chi connectivity index (χ0n) is 13.8. The first-order valence-electron chi connectivity index (χ1n) is 7.91. The fourth-order valence-electron chi connectivity index (χ4n) is 2.92. The average Bonchev–Trinajstić information content (AvgIpc) is 2.65. The molecule has 3 rings (SSSR count). The number of fused-ring (bicyclic) bond motifs is 1. The van der Waals surface area contributed by atoms with E-state index in [1.165, 1.54) is 18.9 Å². The van der Waals surface area contributed by atoms with Gasteiger partial charge >= 0.3 is 5.97 Å². The molecule has 0 aromatic heterocycles. The van der Waals surface area contributed by atoms with Gasteiger partial charge in [-0.25, -0.2) is 4.79 Å². The van der Waals surface area contributed by atoms with Crippen LogP contribution in [0, 0.1) is 0 Å². The zero-order valence-corrected chi connectivity index (χ0v) is 15.3. The predicted octanol–water partition coefficient (Wildman–Crippen LogP) is 3.56. The Hall–Kier alpha value is -1.98. The quantitative estimate of drug-likeness (QED) is 0.605. The van der Waals surface area contributed by atoms with E-state index in [1.54, 1.807) is 11.0 Å². The first kappa shape index (κ1) is 17.8. The van der Waals surface area contributed by atoms with Crippen molar-refractivity contribution >= 4 is 35.2 Å². The molecule has 4 nitrogen and oxygen atoms in total. The molecule has 0 spiro atoms. The molecule has 0 unspecified atom stereocenters. The smallest absolute Gasteiger partial charge is 0.328 e. The fraction of sp³-hybridized carbons (Fsp3) is 0.263. The minimum atomic E-state index is -0.584. The third-order valence-electron chi connectivity index (χ3n) is 4.23. The van der Waals surface area contributed by atoms with E-state index in [0.717, 1.165) is 16.0 Å². The Labute approximate surface area is 156 Å². The maximum Gasteiger partial charge on any atom is 0.328 e.